The van der Waals surface area contributed by atoms with Gasteiger partial charge in [0.1, 0.15) is 0 Å². The average Bonchev–Trinajstić information content (AvgIpc) is 2.14. The second-order valence-corrected chi connectivity index (χ2v) is 3.86. The Morgan fingerprint density at radius 2 is 1.73 bits per heavy atom. The molecule has 0 bridgehead atoms. The second kappa shape index (κ2) is 8.01. The Bertz CT molecular complexity index is 151. The Labute approximate surface area is 90.3 Å². The van der Waals surface area contributed by atoms with Crippen LogP contribution in [0, 0.1) is 0 Å². The predicted octanol–water partition coefficient (Wildman–Crippen LogP) is -0.733. The first-order valence-electron chi connectivity index (χ1n) is 5.24. The lowest BCUT2D eigenvalue weighted by molar-refractivity contribution is -0.0681. The number of aliphatic hydroxyl groups excluding tert-OH is 4. The Kier molecular flexibility index (Phi) is 7.90. The lowest BCUT2D eigenvalue weighted by Crippen LogP contribution is -2.32. The van der Waals surface area contributed by atoms with E-state index in [-0.39, 0.29) is 26.1 Å². The summed E-state index contributed by atoms with van der Waals surface area (Å²) in [5.41, 5.74) is 0. The molecule has 0 aromatic rings. The zero-order valence-electron chi connectivity index (χ0n) is 9.33. The van der Waals surface area contributed by atoms with Crippen molar-refractivity contribution in [2.24, 2.45) is 0 Å². The van der Waals surface area contributed by atoms with Crippen molar-refractivity contribution in [2.45, 2.75) is 51.1 Å². The summed E-state index contributed by atoms with van der Waals surface area (Å²) in [7, 11) is 0. The number of hydrogen-bond acceptors (Lipinski definition) is 5. The molecule has 4 unspecified atom stereocenters. The summed E-state index contributed by atoms with van der Waals surface area (Å²) in [4.78, 5) is 0. The molecule has 92 valence electrons. The van der Waals surface area contributed by atoms with E-state index in [1.165, 1.54) is 0 Å². The molecule has 0 saturated heterocycles. The van der Waals surface area contributed by atoms with Gasteiger partial charge in [0.15, 0.2) is 0 Å². The topological polar surface area (TPSA) is 90.2 Å². The monoisotopic (exact) mass is 222 g/mol. The maximum absolute atomic E-state index is 9.58. The van der Waals surface area contributed by atoms with Gasteiger partial charge in [-0.3, -0.25) is 0 Å². The number of hydrogen-bond donors (Lipinski definition) is 4. The van der Waals surface area contributed by atoms with E-state index in [1.807, 2.05) is 0 Å². The van der Waals surface area contributed by atoms with Crippen LogP contribution in [0.15, 0.2) is 0 Å². The van der Waals surface area contributed by atoms with Gasteiger partial charge in [0, 0.05) is 13.0 Å². The fourth-order valence-corrected chi connectivity index (χ4v) is 1.14. The Morgan fingerprint density at radius 3 is 2.20 bits per heavy atom. The van der Waals surface area contributed by atoms with Crippen molar-refractivity contribution in [3.63, 3.8) is 0 Å². The predicted molar refractivity (Wildman–Crippen MR) is 55.4 cm³/mol. The van der Waals surface area contributed by atoms with Crippen LogP contribution in [0.25, 0.3) is 0 Å². The molecule has 0 heterocycles. The minimum atomic E-state index is -0.787. The molecule has 0 spiro atoms. The first-order chi connectivity index (χ1) is 6.97. The van der Waals surface area contributed by atoms with Gasteiger partial charge < -0.3 is 25.2 Å². The second-order valence-electron chi connectivity index (χ2n) is 3.86. The van der Waals surface area contributed by atoms with Crippen LogP contribution in [0.3, 0.4) is 0 Å². The van der Waals surface area contributed by atoms with Crippen LogP contribution in [0.2, 0.25) is 0 Å². The molecule has 0 aliphatic carbocycles. The smallest absolute Gasteiger partial charge is 0.0823 e. The van der Waals surface area contributed by atoms with Crippen LogP contribution >= 0.6 is 0 Å². The first kappa shape index (κ1) is 14.8. The van der Waals surface area contributed by atoms with Crippen LogP contribution in [-0.2, 0) is 4.74 Å². The molecule has 15 heavy (non-hydrogen) atoms. The molecule has 4 N–H and O–H groups in total. The highest BCUT2D eigenvalue weighted by Gasteiger charge is 2.19. The third-order valence-electron chi connectivity index (χ3n) is 2.12. The van der Waals surface area contributed by atoms with Crippen molar-refractivity contribution in [3.05, 3.63) is 0 Å². The summed E-state index contributed by atoms with van der Waals surface area (Å²) < 4.78 is 5.17. The normalized spacial score (nSPS) is 19.6. The number of rotatable bonds is 8. The summed E-state index contributed by atoms with van der Waals surface area (Å²) in [5.74, 6) is 0. The maximum Gasteiger partial charge on any atom is 0.0823 e. The van der Waals surface area contributed by atoms with Gasteiger partial charge in [-0.15, -0.1) is 0 Å². The summed E-state index contributed by atoms with van der Waals surface area (Å²) in [5, 5.41) is 36.4. The van der Waals surface area contributed by atoms with Crippen LogP contribution in [-0.4, -0.2) is 58.1 Å². The molecule has 5 nitrogen and oxygen atoms in total. The molecule has 5 heteroatoms. The van der Waals surface area contributed by atoms with Crippen LogP contribution in [0.4, 0.5) is 0 Å². The molecule has 4 atom stereocenters. The third kappa shape index (κ3) is 7.70. The molecule has 0 fully saturated rings. The molecule has 0 rings (SSSR count). The SMILES string of the molecule is CC(O)COC(C)C(O)CC(O)CCO. The van der Waals surface area contributed by atoms with Crippen molar-refractivity contribution in [1.29, 1.82) is 0 Å². The van der Waals surface area contributed by atoms with Gasteiger partial charge in [-0.1, -0.05) is 0 Å². The summed E-state index contributed by atoms with van der Waals surface area (Å²) >= 11 is 0. The van der Waals surface area contributed by atoms with Crippen molar-refractivity contribution in [3.8, 4) is 0 Å². The minimum Gasteiger partial charge on any atom is -0.396 e. The number of ether oxygens (including phenoxy) is 1. The van der Waals surface area contributed by atoms with E-state index in [0.29, 0.717) is 0 Å². The van der Waals surface area contributed by atoms with Crippen LogP contribution in [0.1, 0.15) is 26.7 Å². The minimum absolute atomic E-state index is 0.100. The summed E-state index contributed by atoms with van der Waals surface area (Å²) in [6.07, 6.45) is -2.09. The molecule has 0 aromatic heterocycles. The number of aliphatic hydroxyl groups is 4. The van der Waals surface area contributed by atoms with E-state index in [0.717, 1.165) is 0 Å². The van der Waals surface area contributed by atoms with Gasteiger partial charge in [-0.2, -0.15) is 0 Å². The lowest BCUT2D eigenvalue weighted by atomic mass is 10.1. The van der Waals surface area contributed by atoms with Gasteiger partial charge in [0.2, 0.25) is 0 Å². The molecular weight excluding hydrogens is 200 g/mol. The van der Waals surface area contributed by atoms with E-state index in [2.05, 4.69) is 0 Å². The van der Waals surface area contributed by atoms with Crippen molar-refractivity contribution >= 4 is 0 Å². The van der Waals surface area contributed by atoms with Gasteiger partial charge >= 0.3 is 0 Å². The fourth-order valence-electron chi connectivity index (χ4n) is 1.14. The molecule has 0 saturated carbocycles. The van der Waals surface area contributed by atoms with E-state index in [1.54, 1.807) is 13.8 Å². The Hall–Kier alpha value is -0.200. The van der Waals surface area contributed by atoms with Gasteiger partial charge in [-0.25, -0.2) is 0 Å². The van der Waals surface area contributed by atoms with Gasteiger partial charge in [0.05, 0.1) is 31.0 Å². The molecule has 0 radical (unpaired) electrons. The highest BCUT2D eigenvalue weighted by Crippen LogP contribution is 2.08. The zero-order chi connectivity index (χ0) is 11.8. The van der Waals surface area contributed by atoms with Gasteiger partial charge in [0.25, 0.3) is 0 Å². The van der Waals surface area contributed by atoms with Crippen LogP contribution < -0.4 is 0 Å². The lowest BCUT2D eigenvalue weighted by Gasteiger charge is -2.22. The summed E-state index contributed by atoms with van der Waals surface area (Å²) in [6, 6.07) is 0. The van der Waals surface area contributed by atoms with E-state index in [9.17, 15) is 10.2 Å². The quantitative estimate of drug-likeness (QED) is 0.434. The van der Waals surface area contributed by atoms with Gasteiger partial charge in [-0.05, 0) is 20.3 Å². The standard InChI is InChI=1S/C10H22O5/c1-7(12)6-15-8(2)10(14)5-9(13)3-4-11/h7-14H,3-6H2,1-2H3. The molecule has 0 aliphatic heterocycles. The molecule has 0 aromatic carbocycles. The van der Waals surface area contributed by atoms with E-state index < -0.39 is 24.4 Å². The first-order valence-corrected chi connectivity index (χ1v) is 5.24. The fraction of sp³-hybridized carbons (Fsp3) is 1.00. The third-order valence-corrected chi connectivity index (χ3v) is 2.12. The maximum atomic E-state index is 9.58. The van der Waals surface area contributed by atoms with Crippen molar-refractivity contribution in [1.82, 2.24) is 0 Å². The highest BCUT2D eigenvalue weighted by molar-refractivity contribution is 4.69. The molecule has 0 aliphatic rings. The van der Waals surface area contributed by atoms with Crippen molar-refractivity contribution < 1.29 is 25.2 Å². The highest BCUT2D eigenvalue weighted by atomic mass is 16.5. The van der Waals surface area contributed by atoms with E-state index >= 15 is 0 Å². The summed E-state index contributed by atoms with van der Waals surface area (Å²) in [6.45, 7) is 3.34. The Morgan fingerprint density at radius 1 is 1.13 bits per heavy atom. The average molecular weight is 222 g/mol. The molecule has 0 amide bonds. The Balaban J connectivity index is 3.72. The molecular formula is C10H22O5. The van der Waals surface area contributed by atoms with E-state index in [4.69, 9.17) is 14.9 Å². The largest absolute Gasteiger partial charge is 0.396 e. The van der Waals surface area contributed by atoms with Crippen LogP contribution in [0.5, 0.6) is 0 Å². The zero-order valence-corrected chi connectivity index (χ0v) is 9.33. The van der Waals surface area contributed by atoms with Crippen molar-refractivity contribution in [2.75, 3.05) is 13.2 Å².